The second-order valence-corrected chi connectivity index (χ2v) is 5.56. The summed E-state index contributed by atoms with van der Waals surface area (Å²) in [6.07, 6.45) is 2.59. The molecule has 0 unspecified atom stereocenters. The van der Waals surface area contributed by atoms with Crippen LogP contribution in [0.4, 0.5) is 4.39 Å². The summed E-state index contributed by atoms with van der Waals surface area (Å²) in [6.45, 7) is 2.96. The van der Waals surface area contributed by atoms with E-state index in [4.69, 9.17) is 4.74 Å². The van der Waals surface area contributed by atoms with Crippen molar-refractivity contribution in [3.8, 4) is 0 Å². The van der Waals surface area contributed by atoms with E-state index in [0.29, 0.717) is 13.2 Å². The summed E-state index contributed by atoms with van der Waals surface area (Å²) in [7, 11) is 3.21. The third-order valence-electron chi connectivity index (χ3n) is 3.56. The number of esters is 1. The number of carbonyl (C=O) groups is 1. The zero-order valence-electron chi connectivity index (χ0n) is 12.6. The van der Waals surface area contributed by atoms with E-state index in [2.05, 4.69) is 9.64 Å². The molecule has 0 aromatic heterocycles. The van der Waals surface area contributed by atoms with Crippen LogP contribution in [0.1, 0.15) is 28.8 Å². The normalized spacial score (nSPS) is 14.5. The molecule has 0 N–H and O–H groups in total. The first-order valence-electron chi connectivity index (χ1n) is 7.23. The van der Waals surface area contributed by atoms with Crippen molar-refractivity contribution in [3.63, 3.8) is 0 Å². The molecule has 21 heavy (non-hydrogen) atoms. The lowest BCUT2D eigenvalue weighted by molar-refractivity contribution is 0.0595. The Bertz CT molecular complexity index is 488. The van der Waals surface area contributed by atoms with Crippen LogP contribution in [-0.2, 0) is 16.0 Å². The van der Waals surface area contributed by atoms with E-state index in [1.54, 1.807) is 6.07 Å². The van der Waals surface area contributed by atoms with Crippen LogP contribution in [0.15, 0.2) is 18.2 Å². The molecule has 116 valence electrons. The molecule has 1 saturated carbocycles. The van der Waals surface area contributed by atoms with Crippen molar-refractivity contribution in [1.82, 2.24) is 4.90 Å². The van der Waals surface area contributed by atoms with E-state index >= 15 is 0 Å². The Kier molecular flexibility index (Phi) is 5.70. The fourth-order valence-corrected chi connectivity index (χ4v) is 2.08. The average molecular weight is 295 g/mol. The maximum Gasteiger partial charge on any atom is 0.340 e. The molecule has 1 aromatic rings. The Hall–Kier alpha value is -1.46. The molecule has 0 amide bonds. The highest BCUT2D eigenvalue weighted by Crippen LogP contribution is 2.28. The number of nitrogens with zero attached hydrogens (tertiary/aromatic N) is 1. The summed E-state index contributed by atoms with van der Waals surface area (Å²) in [4.78, 5) is 13.4. The van der Waals surface area contributed by atoms with E-state index in [1.807, 2.05) is 7.05 Å². The van der Waals surface area contributed by atoms with E-state index in [1.165, 1.54) is 32.1 Å². The minimum Gasteiger partial charge on any atom is -0.465 e. The third-order valence-corrected chi connectivity index (χ3v) is 3.56. The number of methoxy groups -OCH3 is 1. The molecule has 5 heteroatoms. The Morgan fingerprint density at radius 2 is 2.19 bits per heavy atom. The molecular formula is C16H22FNO3. The number of likely N-dealkylation sites (N-methyl/N-ethyl adjacent to an activating group) is 1. The molecule has 0 heterocycles. The molecule has 1 aliphatic carbocycles. The lowest BCUT2D eigenvalue weighted by Gasteiger charge is -2.17. The van der Waals surface area contributed by atoms with Crippen molar-refractivity contribution in [1.29, 1.82) is 0 Å². The van der Waals surface area contributed by atoms with Crippen LogP contribution in [0.2, 0.25) is 0 Å². The molecule has 4 nitrogen and oxygen atoms in total. The van der Waals surface area contributed by atoms with Gasteiger partial charge in [-0.05, 0) is 43.5 Å². The fraction of sp³-hybridized carbons (Fsp3) is 0.562. The predicted octanol–water partition coefficient (Wildman–Crippen LogP) is 2.47. The first kappa shape index (κ1) is 15.9. The van der Waals surface area contributed by atoms with Gasteiger partial charge >= 0.3 is 5.97 Å². The van der Waals surface area contributed by atoms with Gasteiger partial charge in [0.1, 0.15) is 5.82 Å². The molecule has 0 radical (unpaired) electrons. The van der Waals surface area contributed by atoms with E-state index in [0.717, 1.165) is 24.6 Å². The maximum absolute atomic E-state index is 13.8. The van der Waals surface area contributed by atoms with Crippen LogP contribution >= 0.6 is 0 Å². The molecule has 1 aromatic carbocycles. The SMILES string of the molecule is COC(=O)c1ccc(CN(C)CCOCC2CC2)cc1F. The van der Waals surface area contributed by atoms with Crippen molar-refractivity contribution in [2.45, 2.75) is 19.4 Å². The first-order chi connectivity index (χ1) is 10.1. The van der Waals surface area contributed by atoms with Gasteiger partial charge in [-0.3, -0.25) is 4.90 Å². The monoisotopic (exact) mass is 295 g/mol. The number of hydrogen-bond acceptors (Lipinski definition) is 4. The lowest BCUT2D eigenvalue weighted by atomic mass is 10.1. The first-order valence-corrected chi connectivity index (χ1v) is 7.23. The highest BCUT2D eigenvalue weighted by molar-refractivity contribution is 5.89. The minimum atomic E-state index is -0.652. The quantitative estimate of drug-likeness (QED) is 0.545. The van der Waals surface area contributed by atoms with Crippen LogP contribution in [0.3, 0.4) is 0 Å². The molecule has 0 aliphatic heterocycles. The third kappa shape index (κ3) is 5.10. The van der Waals surface area contributed by atoms with E-state index in [-0.39, 0.29) is 5.56 Å². The molecule has 0 saturated heterocycles. The van der Waals surface area contributed by atoms with Gasteiger partial charge in [-0.15, -0.1) is 0 Å². The Morgan fingerprint density at radius 3 is 2.81 bits per heavy atom. The number of rotatable bonds is 8. The van der Waals surface area contributed by atoms with Gasteiger partial charge < -0.3 is 9.47 Å². The second kappa shape index (κ2) is 7.52. The summed E-state index contributed by atoms with van der Waals surface area (Å²) in [5.74, 6) is -0.422. The standard InChI is InChI=1S/C16H22FNO3/c1-18(7-8-21-11-12-3-4-12)10-13-5-6-14(15(17)9-13)16(19)20-2/h5-6,9,12H,3-4,7-8,10-11H2,1-2H3. The lowest BCUT2D eigenvalue weighted by Crippen LogP contribution is -2.23. The smallest absolute Gasteiger partial charge is 0.340 e. The largest absolute Gasteiger partial charge is 0.465 e. The Morgan fingerprint density at radius 1 is 1.43 bits per heavy atom. The maximum atomic E-state index is 13.8. The van der Waals surface area contributed by atoms with Gasteiger partial charge in [0.05, 0.1) is 19.3 Å². The predicted molar refractivity (Wildman–Crippen MR) is 77.6 cm³/mol. The number of benzene rings is 1. The summed E-state index contributed by atoms with van der Waals surface area (Å²) in [5, 5.41) is 0. The van der Waals surface area contributed by atoms with Crippen LogP contribution in [0.5, 0.6) is 0 Å². The van der Waals surface area contributed by atoms with Gasteiger partial charge in [0.25, 0.3) is 0 Å². The zero-order valence-corrected chi connectivity index (χ0v) is 12.6. The molecule has 1 aliphatic rings. The van der Waals surface area contributed by atoms with Gasteiger partial charge in [0, 0.05) is 19.7 Å². The van der Waals surface area contributed by atoms with Crippen LogP contribution in [-0.4, -0.2) is 44.8 Å². The second-order valence-electron chi connectivity index (χ2n) is 5.56. The average Bonchev–Trinajstić information content (AvgIpc) is 3.27. The molecule has 0 spiro atoms. The highest BCUT2D eigenvalue weighted by Gasteiger charge is 2.21. The van der Waals surface area contributed by atoms with Crippen molar-refractivity contribution in [3.05, 3.63) is 35.1 Å². The number of halogens is 1. The zero-order chi connectivity index (χ0) is 15.2. The van der Waals surface area contributed by atoms with E-state index in [9.17, 15) is 9.18 Å². The summed E-state index contributed by atoms with van der Waals surface area (Å²) >= 11 is 0. The molecular weight excluding hydrogens is 273 g/mol. The minimum absolute atomic E-state index is 0.0309. The molecule has 1 fully saturated rings. The topological polar surface area (TPSA) is 38.8 Å². The van der Waals surface area contributed by atoms with Crippen LogP contribution < -0.4 is 0 Å². The van der Waals surface area contributed by atoms with Gasteiger partial charge in [0.15, 0.2) is 0 Å². The van der Waals surface area contributed by atoms with Crippen molar-refractivity contribution < 1.29 is 18.7 Å². The van der Waals surface area contributed by atoms with Crippen molar-refractivity contribution in [2.75, 3.05) is 33.9 Å². The number of ether oxygens (including phenoxy) is 2. The Balaban J connectivity index is 1.78. The van der Waals surface area contributed by atoms with Crippen LogP contribution in [0.25, 0.3) is 0 Å². The van der Waals surface area contributed by atoms with E-state index < -0.39 is 11.8 Å². The number of carbonyl (C=O) groups excluding carboxylic acids is 1. The van der Waals surface area contributed by atoms with Gasteiger partial charge in [-0.2, -0.15) is 0 Å². The van der Waals surface area contributed by atoms with Gasteiger partial charge in [0.2, 0.25) is 0 Å². The summed E-state index contributed by atoms with van der Waals surface area (Å²) < 4.78 is 23.9. The number of hydrogen-bond donors (Lipinski definition) is 0. The highest BCUT2D eigenvalue weighted by atomic mass is 19.1. The van der Waals surface area contributed by atoms with Crippen molar-refractivity contribution >= 4 is 5.97 Å². The summed E-state index contributed by atoms with van der Waals surface area (Å²) in [5.41, 5.74) is 0.793. The molecule has 0 atom stereocenters. The Labute approximate surface area is 124 Å². The fourth-order valence-electron chi connectivity index (χ4n) is 2.08. The van der Waals surface area contributed by atoms with Crippen molar-refractivity contribution in [2.24, 2.45) is 5.92 Å². The van der Waals surface area contributed by atoms with Crippen LogP contribution in [0, 0.1) is 11.7 Å². The van der Waals surface area contributed by atoms with Gasteiger partial charge in [-0.25, -0.2) is 9.18 Å². The summed E-state index contributed by atoms with van der Waals surface area (Å²) in [6, 6.07) is 4.60. The van der Waals surface area contributed by atoms with Gasteiger partial charge in [-0.1, -0.05) is 6.07 Å². The molecule has 2 rings (SSSR count). The molecule has 0 bridgehead atoms.